The summed E-state index contributed by atoms with van der Waals surface area (Å²) in [6, 6.07) is 10.1. The molecule has 2 heteroatoms. The molecule has 2 N–H and O–H groups in total. The summed E-state index contributed by atoms with van der Waals surface area (Å²) in [7, 11) is 1.68. The second kappa shape index (κ2) is 3.95. The fourth-order valence-electron chi connectivity index (χ4n) is 2.28. The maximum atomic E-state index is 6.12. The highest BCUT2D eigenvalue weighted by molar-refractivity contribution is 5.91. The van der Waals surface area contributed by atoms with E-state index in [1.807, 2.05) is 12.1 Å². The topological polar surface area (TPSA) is 35.2 Å². The van der Waals surface area contributed by atoms with Crippen molar-refractivity contribution in [1.29, 1.82) is 0 Å². The van der Waals surface area contributed by atoms with Crippen molar-refractivity contribution in [2.75, 3.05) is 12.8 Å². The van der Waals surface area contributed by atoms with Gasteiger partial charge in [-0.25, -0.2) is 0 Å². The van der Waals surface area contributed by atoms with Gasteiger partial charge in [-0.1, -0.05) is 32.9 Å². The van der Waals surface area contributed by atoms with Crippen molar-refractivity contribution in [3.8, 4) is 5.75 Å². The first kappa shape index (κ1) is 11.8. The molecule has 17 heavy (non-hydrogen) atoms. The molecular formula is C15H19NO. The number of nitrogens with two attached hydrogens (primary N) is 1. The largest absolute Gasteiger partial charge is 0.497 e. The molecule has 0 aliphatic carbocycles. The number of ether oxygens (including phenoxy) is 1. The Bertz CT molecular complexity index is 553. The standard InChI is InChI=1S/C15H19NO/c1-15(2,3)14-12-9-11(17-4)7-5-10(12)6-8-13(14)16/h5-9H,16H2,1-4H3. The summed E-state index contributed by atoms with van der Waals surface area (Å²) in [5, 5.41) is 2.38. The van der Waals surface area contributed by atoms with E-state index in [0.29, 0.717) is 0 Å². The molecule has 0 saturated carbocycles. The van der Waals surface area contributed by atoms with Gasteiger partial charge in [0.05, 0.1) is 7.11 Å². The zero-order valence-corrected chi connectivity index (χ0v) is 10.9. The lowest BCUT2D eigenvalue weighted by Crippen LogP contribution is -2.14. The quantitative estimate of drug-likeness (QED) is 0.756. The van der Waals surface area contributed by atoms with Crippen LogP contribution in [0.2, 0.25) is 0 Å². The number of anilines is 1. The molecule has 0 aromatic heterocycles. The van der Waals surface area contributed by atoms with Gasteiger partial charge in [-0.15, -0.1) is 0 Å². The van der Waals surface area contributed by atoms with Crippen molar-refractivity contribution >= 4 is 16.5 Å². The first-order chi connectivity index (χ1) is 7.93. The van der Waals surface area contributed by atoms with Crippen LogP contribution in [0.1, 0.15) is 26.3 Å². The van der Waals surface area contributed by atoms with Crippen molar-refractivity contribution < 1.29 is 4.74 Å². The molecule has 0 heterocycles. The highest BCUT2D eigenvalue weighted by atomic mass is 16.5. The third-order valence-electron chi connectivity index (χ3n) is 3.01. The van der Waals surface area contributed by atoms with Gasteiger partial charge >= 0.3 is 0 Å². The molecule has 0 aliphatic rings. The number of hydrogen-bond donors (Lipinski definition) is 1. The molecule has 0 saturated heterocycles. The molecule has 2 nitrogen and oxygen atoms in total. The molecule has 0 aliphatic heterocycles. The Morgan fingerprint density at radius 3 is 2.29 bits per heavy atom. The average molecular weight is 229 g/mol. The van der Waals surface area contributed by atoms with E-state index in [-0.39, 0.29) is 5.41 Å². The predicted octanol–water partition coefficient (Wildman–Crippen LogP) is 3.73. The smallest absolute Gasteiger partial charge is 0.119 e. The van der Waals surface area contributed by atoms with Gasteiger partial charge in [-0.3, -0.25) is 0 Å². The summed E-state index contributed by atoms with van der Waals surface area (Å²) >= 11 is 0. The molecule has 0 atom stereocenters. The minimum absolute atomic E-state index is 0.0238. The van der Waals surface area contributed by atoms with E-state index in [4.69, 9.17) is 10.5 Å². The molecule has 2 aromatic rings. The van der Waals surface area contributed by atoms with Crippen LogP contribution in [-0.2, 0) is 5.41 Å². The van der Waals surface area contributed by atoms with E-state index in [1.165, 1.54) is 16.3 Å². The summed E-state index contributed by atoms with van der Waals surface area (Å²) in [5.41, 5.74) is 8.18. The van der Waals surface area contributed by atoms with Crippen molar-refractivity contribution in [1.82, 2.24) is 0 Å². The summed E-state index contributed by atoms with van der Waals surface area (Å²) in [6.45, 7) is 6.53. The van der Waals surface area contributed by atoms with Gasteiger partial charge in [0.2, 0.25) is 0 Å². The molecular weight excluding hydrogens is 210 g/mol. The Hall–Kier alpha value is -1.70. The number of benzene rings is 2. The van der Waals surface area contributed by atoms with E-state index >= 15 is 0 Å². The molecule has 0 bridgehead atoms. The van der Waals surface area contributed by atoms with Crippen LogP contribution in [0.5, 0.6) is 5.75 Å². The maximum absolute atomic E-state index is 6.12. The van der Waals surface area contributed by atoms with E-state index < -0.39 is 0 Å². The maximum Gasteiger partial charge on any atom is 0.119 e. The molecule has 0 fully saturated rings. The van der Waals surface area contributed by atoms with E-state index in [0.717, 1.165) is 11.4 Å². The lowest BCUT2D eigenvalue weighted by Gasteiger charge is -2.23. The van der Waals surface area contributed by atoms with Crippen molar-refractivity contribution in [3.05, 3.63) is 35.9 Å². The Balaban J connectivity index is 2.83. The van der Waals surface area contributed by atoms with Crippen LogP contribution in [0.4, 0.5) is 5.69 Å². The highest BCUT2D eigenvalue weighted by Gasteiger charge is 2.20. The number of rotatable bonds is 1. The molecule has 2 aromatic carbocycles. The molecule has 0 spiro atoms. The Labute approximate surface area is 102 Å². The summed E-state index contributed by atoms with van der Waals surface area (Å²) in [4.78, 5) is 0. The van der Waals surface area contributed by atoms with Crippen molar-refractivity contribution in [2.24, 2.45) is 0 Å². The lowest BCUT2D eigenvalue weighted by atomic mass is 9.82. The van der Waals surface area contributed by atoms with Gasteiger partial charge < -0.3 is 10.5 Å². The minimum atomic E-state index is 0.0238. The van der Waals surface area contributed by atoms with Crippen LogP contribution in [0, 0.1) is 0 Å². The van der Waals surface area contributed by atoms with E-state index in [9.17, 15) is 0 Å². The van der Waals surface area contributed by atoms with Crippen molar-refractivity contribution in [2.45, 2.75) is 26.2 Å². The third kappa shape index (κ3) is 2.07. The first-order valence-corrected chi connectivity index (χ1v) is 5.80. The summed E-state index contributed by atoms with van der Waals surface area (Å²) in [5.74, 6) is 0.869. The van der Waals surface area contributed by atoms with Crippen molar-refractivity contribution in [3.63, 3.8) is 0 Å². The molecule has 0 unspecified atom stereocenters. The zero-order valence-electron chi connectivity index (χ0n) is 10.9. The van der Waals surface area contributed by atoms with Gasteiger partial charge in [0.25, 0.3) is 0 Å². The van der Waals surface area contributed by atoms with Crippen LogP contribution < -0.4 is 10.5 Å². The Morgan fingerprint density at radius 1 is 1.06 bits per heavy atom. The number of methoxy groups -OCH3 is 1. The average Bonchev–Trinajstić information content (AvgIpc) is 2.26. The molecule has 0 amide bonds. The van der Waals surface area contributed by atoms with Gasteiger partial charge in [0, 0.05) is 5.69 Å². The lowest BCUT2D eigenvalue weighted by molar-refractivity contribution is 0.415. The molecule has 0 radical (unpaired) electrons. The second-order valence-corrected chi connectivity index (χ2v) is 5.37. The van der Waals surface area contributed by atoms with Crippen LogP contribution >= 0.6 is 0 Å². The number of nitrogen functional groups attached to an aromatic ring is 1. The fraction of sp³-hybridized carbons (Fsp3) is 0.333. The van der Waals surface area contributed by atoms with Crippen LogP contribution in [0.25, 0.3) is 10.8 Å². The highest BCUT2D eigenvalue weighted by Crippen LogP contribution is 2.36. The summed E-state index contributed by atoms with van der Waals surface area (Å²) < 4.78 is 5.29. The van der Waals surface area contributed by atoms with Gasteiger partial charge in [0.15, 0.2) is 0 Å². The Morgan fingerprint density at radius 2 is 1.71 bits per heavy atom. The number of hydrogen-bond acceptors (Lipinski definition) is 2. The fourth-order valence-corrected chi connectivity index (χ4v) is 2.28. The zero-order chi connectivity index (χ0) is 12.6. The SMILES string of the molecule is COc1ccc2ccc(N)c(C(C)(C)C)c2c1. The minimum Gasteiger partial charge on any atom is -0.497 e. The molecule has 90 valence electrons. The summed E-state index contributed by atoms with van der Waals surface area (Å²) in [6.07, 6.45) is 0. The Kier molecular flexibility index (Phi) is 2.74. The molecule has 2 rings (SSSR count). The second-order valence-electron chi connectivity index (χ2n) is 5.37. The monoisotopic (exact) mass is 229 g/mol. The van der Waals surface area contributed by atoms with Crippen LogP contribution in [0.15, 0.2) is 30.3 Å². The number of fused-ring (bicyclic) bond motifs is 1. The third-order valence-corrected chi connectivity index (χ3v) is 3.01. The van der Waals surface area contributed by atoms with E-state index in [2.05, 4.69) is 39.0 Å². The first-order valence-electron chi connectivity index (χ1n) is 5.80. The van der Waals surface area contributed by atoms with Gasteiger partial charge in [0.1, 0.15) is 5.75 Å². The normalized spacial score (nSPS) is 11.8. The van der Waals surface area contributed by atoms with Gasteiger partial charge in [-0.05, 0) is 39.9 Å². The predicted molar refractivity (Wildman–Crippen MR) is 73.6 cm³/mol. The van der Waals surface area contributed by atoms with Gasteiger partial charge in [-0.2, -0.15) is 0 Å². The van der Waals surface area contributed by atoms with Crippen LogP contribution in [-0.4, -0.2) is 7.11 Å². The van der Waals surface area contributed by atoms with Crippen LogP contribution in [0.3, 0.4) is 0 Å². The van der Waals surface area contributed by atoms with E-state index in [1.54, 1.807) is 7.11 Å².